The lowest BCUT2D eigenvalue weighted by molar-refractivity contribution is 0.0600. The summed E-state index contributed by atoms with van der Waals surface area (Å²) in [5, 5.41) is 11.2. The molecule has 0 atom stereocenters. The number of piperidine rings is 1. The highest BCUT2D eigenvalue weighted by Crippen LogP contribution is 2.17. The summed E-state index contributed by atoms with van der Waals surface area (Å²) in [6, 6.07) is 10.3. The Morgan fingerprint density at radius 2 is 1.88 bits per heavy atom. The van der Waals surface area contributed by atoms with E-state index in [2.05, 4.69) is 15.5 Å². The van der Waals surface area contributed by atoms with Gasteiger partial charge in [-0.2, -0.15) is 0 Å². The number of anilines is 2. The highest BCUT2D eigenvalue weighted by atomic mass is 16.5. The molecule has 1 aromatic carbocycles. The maximum atomic E-state index is 12.4. The standard InChI is InChI=1S/C18H20N4O3/c1-25-18(24)13-6-5-7-14(12-13)19-16-9-8-15(20-21-16)17(23)22-10-3-2-4-11-22/h5-9,12H,2-4,10-11H2,1H3,(H,19,21). The number of aromatic nitrogens is 2. The molecule has 1 N–H and O–H groups in total. The van der Waals surface area contributed by atoms with Crippen molar-refractivity contribution >= 4 is 23.4 Å². The van der Waals surface area contributed by atoms with E-state index in [0.717, 1.165) is 25.9 Å². The van der Waals surface area contributed by atoms with Gasteiger partial charge in [0.05, 0.1) is 12.7 Å². The zero-order valence-electron chi connectivity index (χ0n) is 14.1. The van der Waals surface area contributed by atoms with Crippen LogP contribution in [-0.2, 0) is 4.74 Å². The summed E-state index contributed by atoms with van der Waals surface area (Å²) in [6.45, 7) is 1.56. The second-order valence-electron chi connectivity index (χ2n) is 5.85. The lowest BCUT2D eigenvalue weighted by Gasteiger charge is -2.26. The van der Waals surface area contributed by atoms with E-state index in [4.69, 9.17) is 4.74 Å². The van der Waals surface area contributed by atoms with Gasteiger partial charge in [0.15, 0.2) is 11.5 Å². The van der Waals surface area contributed by atoms with Crippen molar-refractivity contribution in [2.75, 3.05) is 25.5 Å². The first kappa shape index (κ1) is 16.9. The Bertz CT molecular complexity index is 755. The van der Waals surface area contributed by atoms with E-state index in [0.29, 0.717) is 22.8 Å². The highest BCUT2D eigenvalue weighted by molar-refractivity contribution is 5.92. The van der Waals surface area contributed by atoms with E-state index in [1.165, 1.54) is 13.5 Å². The van der Waals surface area contributed by atoms with Crippen molar-refractivity contribution in [3.05, 3.63) is 47.7 Å². The predicted octanol–water partition coefficient (Wildman–Crippen LogP) is 2.63. The number of esters is 1. The zero-order chi connectivity index (χ0) is 17.6. The minimum Gasteiger partial charge on any atom is -0.465 e. The monoisotopic (exact) mass is 340 g/mol. The van der Waals surface area contributed by atoms with Crippen LogP contribution in [0.5, 0.6) is 0 Å². The van der Waals surface area contributed by atoms with Crippen molar-refractivity contribution in [3.63, 3.8) is 0 Å². The normalized spacial score (nSPS) is 14.0. The van der Waals surface area contributed by atoms with Crippen molar-refractivity contribution in [1.82, 2.24) is 15.1 Å². The number of amides is 1. The van der Waals surface area contributed by atoms with Gasteiger partial charge in [0.1, 0.15) is 0 Å². The molecule has 25 heavy (non-hydrogen) atoms. The smallest absolute Gasteiger partial charge is 0.337 e. The molecule has 0 bridgehead atoms. The molecule has 1 fully saturated rings. The van der Waals surface area contributed by atoms with Crippen LogP contribution >= 0.6 is 0 Å². The van der Waals surface area contributed by atoms with Gasteiger partial charge in [-0.15, -0.1) is 10.2 Å². The second kappa shape index (κ2) is 7.74. The summed E-state index contributed by atoms with van der Waals surface area (Å²) in [5.74, 6) is 0.0147. The van der Waals surface area contributed by atoms with Gasteiger partial charge in [-0.1, -0.05) is 6.07 Å². The lowest BCUT2D eigenvalue weighted by atomic mass is 10.1. The summed E-state index contributed by atoms with van der Waals surface area (Å²) < 4.78 is 4.70. The maximum Gasteiger partial charge on any atom is 0.337 e. The van der Waals surface area contributed by atoms with Gasteiger partial charge in [-0.05, 0) is 49.6 Å². The molecule has 0 aliphatic carbocycles. The third kappa shape index (κ3) is 4.12. The van der Waals surface area contributed by atoms with E-state index in [-0.39, 0.29) is 5.91 Å². The number of nitrogens with one attached hydrogen (secondary N) is 1. The number of methoxy groups -OCH3 is 1. The average Bonchev–Trinajstić information content (AvgIpc) is 2.68. The largest absolute Gasteiger partial charge is 0.465 e. The minimum atomic E-state index is -0.405. The third-order valence-electron chi connectivity index (χ3n) is 4.08. The average molecular weight is 340 g/mol. The molecule has 1 saturated heterocycles. The summed E-state index contributed by atoms with van der Waals surface area (Å²) >= 11 is 0. The van der Waals surface area contributed by atoms with E-state index in [1.54, 1.807) is 36.4 Å². The molecule has 1 aromatic heterocycles. The van der Waals surface area contributed by atoms with E-state index < -0.39 is 5.97 Å². The van der Waals surface area contributed by atoms with Crippen molar-refractivity contribution in [1.29, 1.82) is 0 Å². The number of likely N-dealkylation sites (tertiary alicyclic amines) is 1. The predicted molar refractivity (Wildman–Crippen MR) is 92.9 cm³/mol. The van der Waals surface area contributed by atoms with Gasteiger partial charge in [-0.25, -0.2) is 4.79 Å². The number of carbonyl (C=O) groups is 2. The first-order valence-corrected chi connectivity index (χ1v) is 8.26. The molecule has 7 heteroatoms. The molecular formula is C18H20N4O3. The molecule has 0 spiro atoms. The summed E-state index contributed by atoms with van der Waals surface area (Å²) in [4.78, 5) is 25.8. The molecule has 0 radical (unpaired) electrons. The van der Waals surface area contributed by atoms with E-state index >= 15 is 0 Å². The third-order valence-corrected chi connectivity index (χ3v) is 4.08. The van der Waals surface area contributed by atoms with Crippen molar-refractivity contribution in [3.8, 4) is 0 Å². The molecule has 7 nitrogen and oxygen atoms in total. The van der Waals surface area contributed by atoms with Gasteiger partial charge in [0.2, 0.25) is 0 Å². The summed E-state index contributed by atoms with van der Waals surface area (Å²) in [5.41, 5.74) is 1.47. The van der Waals surface area contributed by atoms with Crippen LogP contribution in [0.1, 0.15) is 40.1 Å². The fourth-order valence-corrected chi connectivity index (χ4v) is 2.76. The number of carbonyl (C=O) groups excluding carboxylic acids is 2. The first-order chi connectivity index (χ1) is 12.2. The molecule has 0 saturated carbocycles. The van der Waals surface area contributed by atoms with E-state index in [9.17, 15) is 9.59 Å². The highest BCUT2D eigenvalue weighted by Gasteiger charge is 2.19. The van der Waals surface area contributed by atoms with Crippen LogP contribution in [0, 0.1) is 0 Å². The number of benzene rings is 1. The van der Waals surface area contributed by atoms with Gasteiger partial charge in [0.25, 0.3) is 5.91 Å². The Morgan fingerprint density at radius 1 is 1.08 bits per heavy atom. The molecule has 1 amide bonds. The zero-order valence-corrected chi connectivity index (χ0v) is 14.1. The van der Waals surface area contributed by atoms with Gasteiger partial charge in [-0.3, -0.25) is 4.79 Å². The van der Waals surface area contributed by atoms with Gasteiger partial charge in [0, 0.05) is 18.8 Å². The molecule has 2 aromatic rings. The van der Waals surface area contributed by atoms with Crippen molar-refractivity contribution < 1.29 is 14.3 Å². The fraction of sp³-hybridized carbons (Fsp3) is 0.333. The number of ether oxygens (including phenoxy) is 1. The molecule has 1 aliphatic rings. The van der Waals surface area contributed by atoms with Crippen LogP contribution in [0.25, 0.3) is 0 Å². The molecule has 1 aliphatic heterocycles. The van der Waals surface area contributed by atoms with Crippen LogP contribution in [-0.4, -0.2) is 47.2 Å². The van der Waals surface area contributed by atoms with Crippen LogP contribution in [0.15, 0.2) is 36.4 Å². The molecule has 3 rings (SSSR count). The summed E-state index contributed by atoms with van der Waals surface area (Å²) in [6.07, 6.45) is 3.24. The number of nitrogens with zero attached hydrogens (tertiary/aromatic N) is 3. The molecule has 130 valence electrons. The Labute approximate surface area is 146 Å². The number of hydrogen-bond acceptors (Lipinski definition) is 6. The van der Waals surface area contributed by atoms with Crippen molar-refractivity contribution in [2.45, 2.75) is 19.3 Å². The van der Waals surface area contributed by atoms with Gasteiger partial charge >= 0.3 is 5.97 Å². The minimum absolute atomic E-state index is 0.0774. The Hall–Kier alpha value is -2.96. The molecular weight excluding hydrogens is 320 g/mol. The van der Waals surface area contributed by atoms with Gasteiger partial charge < -0.3 is 15.0 Å². The Balaban J connectivity index is 1.68. The van der Waals surface area contributed by atoms with Crippen LogP contribution in [0.3, 0.4) is 0 Å². The van der Waals surface area contributed by atoms with Crippen molar-refractivity contribution in [2.24, 2.45) is 0 Å². The Kier molecular flexibility index (Phi) is 5.23. The summed E-state index contributed by atoms with van der Waals surface area (Å²) in [7, 11) is 1.34. The fourth-order valence-electron chi connectivity index (χ4n) is 2.76. The van der Waals surface area contributed by atoms with Crippen LogP contribution < -0.4 is 5.32 Å². The maximum absolute atomic E-state index is 12.4. The quantitative estimate of drug-likeness (QED) is 0.861. The van der Waals surface area contributed by atoms with E-state index in [1.807, 2.05) is 4.90 Å². The SMILES string of the molecule is COC(=O)c1cccc(Nc2ccc(C(=O)N3CCCCC3)nn2)c1. The number of hydrogen-bond donors (Lipinski definition) is 1. The van der Waals surface area contributed by atoms with Crippen LogP contribution in [0.2, 0.25) is 0 Å². The topological polar surface area (TPSA) is 84.4 Å². The first-order valence-electron chi connectivity index (χ1n) is 8.26. The van der Waals surface area contributed by atoms with Crippen LogP contribution in [0.4, 0.5) is 11.5 Å². The Morgan fingerprint density at radius 3 is 2.56 bits per heavy atom. The molecule has 0 unspecified atom stereocenters. The lowest BCUT2D eigenvalue weighted by Crippen LogP contribution is -2.36. The molecule has 2 heterocycles. The number of rotatable bonds is 4. The second-order valence-corrected chi connectivity index (χ2v) is 5.85.